The summed E-state index contributed by atoms with van der Waals surface area (Å²) in [5.41, 5.74) is 0. The van der Waals surface area contributed by atoms with Crippen LogP contribution in [0.5, 0.6) is 0 Å². The molecule has 0 aromatic rings. The second-order valence-corrected chi connectivity index (χ2v) is 4.70. The van der Waals surface area contributed by atoms with Crippen molar-refractivity contribution in [3.05, 3.63) is 5.32 Å². The largest absolute Gasteiger partial charge is 1.00 e. The maximum Gasteiger partial charge on any atom is 1.00 e. The van der Waals surface area contributed by atoms with Gasteiger partial charge in [0.05, 0.1) is 0 Å². The maximum absolute atomic E-state index is 4.28. The minimum absolute atomic E-state index is 0. The summed E-state index contributed by atoms with van der Waals surface area (Å²) < 4.78 is 0. The zero-order valence-corrected chi connectivity index (χ0v) is 11.6. The van der Waals surface area contributed by atoms with Crippen LogP contribution in [-0.2, 0) is 0 Å². The number of piperidine rings is 1. The second-order valence-electron chi connectivity index (χ2n) is 4.70. The van der Waals surface area contributed by atoms with E-state index >= 15 is 0 Å². The van der Waals surface area contributed by atoms with E-state index in [0.717, 1.165) is 0 Å². The van der Waals surface area contributed by atoms with Crippen LogP contribution in [0.25, 0.3) is 5.32 Å². The molecule has 1 aliphatic rings. The van der Waals surface area contributed by atoms with Crippen molar-refractivity contribution in [1.82, 2.24) is 4.90 Å². The van der Waals surface area contributed by atoms with E-state index in [9.17, 15) is 0 Å². The third-order valence-corrected chi connectivity index (χ3v) is 2.18. The molecule has 86 valence electrons. The Kier molecular flexibility index (Phi) is 13.1. The minimum atomic E-state index is 0. The van der Waals surface area contributed by atoms with Crippen molar-refractivity contribution in [1.29, 1.82) is 0 Å². The van der Waals surface area contributed by atoms with Gasteiger partial charge >= 0.3 is 18.9 Å². The van der Waals surface area contributed by atoms with E-state index in [2.05, 4.69) is 45.0 Å². The Labute approximate surface area is 108 Å². The van der Waals surface area contributed by atoms with E-state index in [4.69, 9.17) is 0 Å². The van der Waals surface area contributed by atoms with Crippen LogP contribution in [0, 0.1) is 0 Å². The average Bonchev–Trinajstić information content (AvgIpc) is 2.03. The van der Waals surface area contributed by atoms with Crippen LogP contribution in [0.3, 0.4) is 0 Å². The third kappa shape index (κ3) is 14.5. The molecule has 0 aliphatic carbocycles. The number of likely N-dealkylation sites (tertiary alicyclic amines) is 1. The van der Waals surface area contributed by atoms with Gasteiger partial charge in [0.1, 0.15) is 0 Å². The third-order valence-electron chi connectivity index (χ3n) is 2.18. The maximum atomic E-state index is 4.28. The fourth-order valence-corrected chi connectivity index (χ4v) is 1.65. The van der Waals surface area contributed by atoms with Gasteiger partial charge in [0.25, 0.3) is 0 Å². The van der Waals surface area contributed by atoms with Crippen molar-refractivity contribution >= 4 is 0 Å². The van der Waals surface area contributed by atoms with E-state index in [1.54, 1.807) is 0 Å². The van der Waals surface area contributed by atoms with Crippen molar-refractivity contribution in [3.63, 3.8) is 0 Å². The van der Waals surface area contributed by atoms with Gasteiger partial charge in [-0.1, -0.05) is 34.1 Å². The molecule has 0 amide bonds. The SMILES string of the molecule is CC(C)[N-]C(C)C.CN1CCCCC1.[Li+]. The minimum Gasteiger partial charge on any atom is -0.658 e. The molecule has 3 heteroatoms. The molecular formula is C12H27LiN2. The molecule has 0 spiro atoms. The van der Waals surface area contributed by atoms with Crippen LogP contribution in [0.15, 0.2) is 0 Å². The molecule has 0 bridgehead atoms. The van der Waals surface area contributed by atoms with Gasteiger partial charge in [-0.3, -0.25) is 0 Å². The Morgan fingerprint density at radius 1 is 0.867 bits per heavy atom. The van der Waals surface area contributed by atoms with Crippen molar-refractivity contribution in [3.8, 4) is 0 Å². The summed E-state index contributed by atoms with van der Waals surface area (Å²) >= 11 is 0. The van der Waals surface area contributed by atoms with Crippen LogP contribution in [-0.4, -0.2) is 37.1 Å². The van der Waals surface area contributed by atoms with Crippen molar-refractivity contribution in [2.45, 2.75) is 59.0 Å². The zero-order valence-electron chi connectivity index (χ0n) is 11.6. The molecule has 0 aromatic carbocycles. The van der Waals surface area contributed by atoms with Crippen molar-refractivity contribution < 1.29 is 18.9 Å². The summed E-state index contributed by atoms with van der Waals surface area (Å²) in [5, 5.41) is 4.28. The molecule has 0 radical (unpaired) electrons. The number of hydrogen-bond donors (Lipinski definition) is 0. The second kappa shape index (κ2) is 11.0. The summed E-state index contributed by atoms with van der Waals surface area (Å²) in [7, 11) is 2.19. The average molecular weight is 206 g/mol. The molecule has 0 N–H and O–H groups in total. The molecule has 1 heterocycles. The van der Waals surface area contributed by atoms with Crippen LogP contribution >= 0.6 is 0 Å². The van der Waals surface area contributed by atoms with Gasteiger partial charge < -0.3 is 10.2 Å². The molecule has 0 atom stereocenters. The van der Waals surface area contributed by atoms with Crippen LogP contribution in [0.2, 0.25) is 0 Å². The number of nitrogens with zero attached hydrogens (tertiary/aromatic N) is 2. The van der Waals surface area contributed by atoms with E-state index in [1.807, 2.05) is 0 Å². The monoisotopic (exact) mass is 206 g/mol. The molecule has 1 fully saturated rings. The van der Waals surface area contributed by atoms with E-state index in [-0.39, 0.29) is 18.9 Å². The molecule has 0 saturated carbocycles. The van der Waals surface area contributed by atoms with Gasteiger partial charge in [-0.15, -0.1) is 12.1 Å². The first-order valence-electron chi connectivity index (χ1n) is 5.91. The van der Waals surface area contributed by atoms with Crippen molar-refractivity contribution in [2.75, 3.05) is 20.1 Å². The quantitative estimate of drug-likeness (QED) is 0.593. The zero-order chi connectivity index (χ0) is 11.0. The van der Waals surface area contributed by atoms with E-state index in [1.165, 1.54) is 32.4 Å². The Morgan fingerprint density at radius 2 is 1.27 bits per heavy atom. The van der Waals surface area contributed by atoms with Crippen LogP contribution in [0.1, 0.15) is 47.0 Å². The molecule has 15 heavy (non-hydrogen) atoms. The normalized spacial score (nSPS) is 17.0. The predicted molar refractivity (Wildman–Crippen MR) is 65.0 cm³/mol. The standard InChI is InChI=1S/C6H13N.C6H14N.Li/c1-7-5-3-2-4-6-7;1-5(2)7-6(3)4;/h2-6H2,1H3;5-6H,1-4H3;/q;-1;+1. The van der Waals surface area contributed by atoms with Gasteiger partial charge in [-0.25, -0.2) is 0 Å². The topological polar surface area (TPSA) is 17.3 Å². The van der Waals surface area contributed by atoms with Gasteiger partial charge in [0, 0.05) is 0 Å². The molecule has 0 unspecified atom stereocenters. The Hall–Kier alpha value is 0.517. The van der Waals surface area contributed by atoms with Gasteiger partial charge in [0.2, 0.25) is 0 Å². The molecule has 1 rings (SSSR count). The first-order valence-corrected chi connectivity index (χ1v) is 5.91. The fourth-order valence-electron chi connectivity index (χ4n) is 1.65. The number of rotatable bonds is 2. The van der Waals surface area contributed by atoms with Gasteiger partial charge in [0.15, 0.2) is 0 Å². The molecular weight excluding hydrogens is 179 g/mol. The smallest absolute Gasteiger partial charge is 0.658 e. The summed E-state index contributed by atoms with van der Waals surface area (Å²) in [6.07, 6.45) is 4.28. The molecule has 2 nitrogen and oxygen atoms in total. The first kappa shape index (κ1) is 17.9. The van der Waals surface area contributed by atoms with Crippen molar-refractivity contribution in [2.24, 2.45) is 0 Å². The van der Waals surface area contributed by atoms with Crippen LogP contribution in [0.4, 0.5) is 0 Å². The molecule has 0 aromatic heterocycles. The Balaban J connectivity index is 0. The molecule has 1 aliphatic heterocycles. The van der Waals surface area contributed by atoms with Gasteiger partial charge in [-0.05, 0) is 33.0 Å². The molecule has 1 saturated heterocycles. The first-order chi connectivity index (χ1) is 6.52. The van der Waals surface area contributed by atoms with E-state index < -0.39 is 0 Å². The summed E-state index contributed by atoms with van der Waals surface area (Å²) in [5.74, 6) is 0. The van der Waals surface area contributed by atoms with E-state index in [0.29, 0.717) is 12.1 Å². The summed E-state index contributed by atoms with van der Waals surface area (Å²) in [6.45, 7) is 11.0. The fraction of sp³-hybridized carbons (Fsp3) is 1.00. The van der Waals surface area contributed by atoms with Crippen LogP contribution < -0.4 is 18.9 Å². The summed E-state index contributed by atoms with van der Waals surface area (Å²) in [6, 6.07) is 1.000. The summed E-state index contributed by atoms with van der Waals surface area (Å²) in [4.78, 5) is 2.39. The van der Waals surface area contributed by atoms with Gasteiger partial charge in [-0.2, -0.15) is 0 Å². The predicted octanol–water partition coefficient (Wildman–Crippen LogP) is 0.283. The number of hydrogen-bond acceptors (Lipinski definition) is 1. The Bertz CT molecular complexity index is 115. The Morgan fingerprint density at radius 3 is 1.40 bits per heavy atom.